The van der Waals surface area contributed by atoms with Crippen molar-refractivity contribution in [3.63, 3.8) is 0 Å². The van der Waals surface area contributed by atoms with E-state index in [1.807, 2.05) is 12.1 Å². The number of aromatic hydroxyl groups is 1. The number of nitrogens with zero attached hydrogens (tertiary/aromatic N) is 2. The molecule has 24 heavy (non-hydrogen) atoms. The van der Waals surface area contributed by atoms with Gasteiger partial charge < -0.3 is 15.7 Å². The second kappa shape index (κ2) is 10.9. The van der Waals surface area contributed by atoms with E-state index in [4.69, 9.17) is 0 Å². The van der Waals surface area contributed by atoms with Gasteiger partial charge in [0.2, 0.25) is 0 Å². The minimum atomic E-state index is 0.318. The summed E-state index contributed by atoms with van der Waals surface area (Å²) in [5.74, 6) is 1.17. The van der Waals surface area contributed by atoms with Crippen LogP contribution in [0.2, 0.25) is 0 Å². The Bertz CT molecular complexity index is 475. The SMILES string of the molecule is CN=C(NCCCc1ccc(O)cc1)NCCN(C(C)C)C(C)C. The molecule has 0 fully saturated rings. The third-order valence-corrected chi connectivity index (χ3v) is 4.08. The summed E-state index contributed by atoms with van der Waals surface area (Å²) in [5, 5.41) is 16.0. The molecule has 0 saturated carbocycles. The molecule has 0 radical (unpaired) electrons. The number of phenols is 1. The van der Waals surface area contributed by atoms with Gasteiger partial charge in [-0.3, -0.25) is 9.89 Å². The van der Waals surface area contributed by atoms with E-state index in [-0.39, 0.29) is 0 Å². The molecule has 0 aliphatic rings. The summed E-state index contributed by atoms with van der Waals surface area (Å²) >= 11 is 0. The van der Waals surface area contributed by atoms with Crippen LogP contribution in [0.4, 0.5) is 0 Å². The summed E-state index contributed by atoms with van der Waals surface area (Å²) in [6, 6.07) is 8.50. The van der Waals surface area contributed by atoms with Gasteiger partial charge in [0, 0.05) is 38.8 Å². The molecule has 0 atom stereocenters. The minimum Gasteiger partial charge on any atom is -0.508 e. The second-order valence-electron chi connectivity index (χ2n) is 6.62. The van der Waals surface area contributed by atoms with Crippen LogP contribution in [0.25, 0.3) is 0 Å². The van der Waals surface area contributed by atoms with Crippen LogP contribution in [-0.2, 0) is 6.42 Å². The fourth-order valence-electron chi connectivity index (χ4n) is 2.80. The Labute approximate surface area is 147 Å². The molecule has 0 unspecified atom stereocenters. The van der Waals surface area contributed by atoms with Crippen LogP contribution in [0.15, 0.2) is 29.3 Å². The van der Waals surface area contributed by atoms with Crippen molar-refractivity contribution in [2.45, 2.75) is 52.6 Å². The lowest BCUT2D eigenvalue weighted by Gasteiger charge is -2.30. The van der Waals surface area contributed by atoms with Crippen LogP contribution in [0.5, 0.6) is 5.75 Å². The van der Waals surface area contributed by atoms with Gasteiger partial charge in [-0.2, -0.15) is 0 Å². The predicted octanol–water partition coefficient (Wildman–Crippen LogP) is 2.61. The summed E-state index contributed by atoms with van der Waals surface area (Å²) in [6.45, 7) is 11.7. The van der Waals surface area contributed by atoms with Crippen LogP contribution in [0.3, 0.4) is 0 Å². The number of phenolic OH excluding ortho intramolecular Hbond substituents is 1. The molecule has 0 heterocycles. The first-order valence-electron chi connectivity index (χ1n) is 8.92. The third kappa shape index (κ3) is 7.68. The molecule has 136 valence electrons. The molecule has 1 aromatic carbocycles. The molecular formula is C19H34N4O. The molecule has 0 amide bonds. The number of rotatable bonds is 9. The van der Waals surface area contributed by atoms with Crippen molar-refractivity contribution in [1.29, 1.82) is 0 Å². The second-order valence-corrected chi connectivity index (χ2v) is 6.62. The normalized spacial score (nSPS) is 12.2. The lowest BCUT2D eigenvalue weighted by Crippen LogP contribution is -2.45. The molecule has 0 spiro atoms. The van der Waals surface area contributed by atoms with Crippen LogP contribution < -0.4 is 10.6 Å². The number of guanidine groups is 1. The van der Waals surface area contributed by atoms with Crippen molar-refractivity contribution < 1.29 is 5.11 Å². The van der Waals surface area contributed by atoms with Gasteiger partial charge in [0.15, 0.2) is 5.96 Å². The number of aliphatic imine (C=N–C) groups is 1. The van der Waals surface area contributed by atoms with Crippen LogP contribution in [0.1, 0.15) is 39.7 Å². The van der Waals surface area contributed by atoms with Crippen molar-refractivity contribution in [3.8, 4) is 5.75 Å². The number of hydrogen-bond donors (Lipinski definition) is 3. The Morgan fingerprint density at radius 2 is 1.62 bits per heavy atom. The van der Waals surface area contributed by atoms with Crippen molar-refractivity contribution in [2.75, 3.05) is 26.7 Å². The smallest absolute Gasteiger partial charge is 0.191 e. The quantitative estimate of drug-likeness (QED) is 0.369. The molecule has 3 N–H and O–H groups in total. The summed E-state index contributed by atoms with van der Waals surface area (Å²) in [5.41, 5.74) is 1.24. The minimum absolute atomic E-state index is 0.318. The number of hydrogen-bond acceptors (Lipinski definition) is 3. The molecule has 0 saturated heterocycles. The Morgan fingerprint density at radius 3 is 2.17 bits per heavy atom. The molecule has 5 nitrogen and oxygen atoms in total. The summed E-state index contributed by atoms with van der Waals surface area (Å²) in [6.07, 6.45) is 2.01. The fraction of sp³-hybridized carbons (Fsp3) is 0.632. The van der Waals surface area contributed by atoms with Gasteiger partial charge in [-0.15, -0.1) is 0 Å². The largest absolute Gasteiger partial charge is 0.508 e. The summed E-state index contributed by atoms with van der Waals surface area (Å²) in [7, 11) is 1.80. The van der Waals surface area contributed by atoms with E-state index in [1.54, 1.807) is 19.2 Å². The van der Waals surface area contributed by atoms with Gasteiger partial charge >= 0.3 is 0 Å². The van der Waals surface area contributed by atoms with E-state index in [1.165, 1.54) is 5.56 Å². The maximum absolute atomic E-state index is 9.28. The Hall–Kier alpha value is -1.75. The van der Waals surface area contributed by atoms with Gasteiger partial charge in [-0.1, -0.05) is 12.1 Å². The highest BCUT2D eigenvalue weighted by Crippen LogP contribution is 2.10. The molecule has 0 aliphatic heterocycles. The lowest BCUT2D eigenvalue weighted by molar-refractivity contribution is 0.178. The highest BCUT2D eigenvalue weighted by atomic mass is 16.3. The molecule has 1 rings (SSSR count). The zero-order chi connectivity index (χ0) is 17.9. The first-order valence-corrected chi connectivity index (χ1v) is 8.92. The van der Waals surface area contributed by atoms with Crippen molar-refractivity contribution >= 4 is 5.96 Å². The average molecular weight is 335 g/mol. The van der Waals surface area contributed by atoms with Crippen molar-refractivity contribution in [3.05, 3.63) is 29.8 Å². The summed E-state index contributed by atoms with van der Waals surface area (Å²) < 4.78 is 0. The van der Waals surface area contributed by atoms with Gasteiger partial charge in [0.25, 0.3) is 0 Å². The van der Waals surface area contributed by atoms with Crippen molar-refractivity contribution in [2.24, 2.45) is 4.99 Å². The highest BCUT2D eigenvalue weighted by Gasteiger charge is 2.12. The molecule has 0 aliphatic carbocycles. The first kappa shape index (κ1) is 20.3. The number of benzene rings is 1. The molecule has 1 aromatic rings. The summed E-state index contributed by atoms with van der Waals surface area (Å²) in [4.78, 5) is 6.74. The fourth-order valence-corrected chi connectivity index (χ4v) is 2.80. The highest BCUT2D eigenvalue weighted by molar-refractivity contribution is 5.79. The zero-order valence-electron chi connectivity index (χ0n) is 15.8. The van der Waals surface area contributed by atoms with Crippen LogP contribution in [-0.4, -0.2) is 54.7 Å². The third-order valence-electron chi connectivity index (χ3n) is 4.08. The van der Waals surface area contributed by atoms with E-state index in [0.29, 0.717) is 17.8 Å². The number of aryl methyl sites for hydroxylation is 1. The topological polar surface area (TPSA) is 59.9 Å². The molecule has 0 bridgehead atoms. The van der Waals surface area contributed by atoms with Gasteiger partial charge in [0.05, 0.1) is 0 Å². The molecular weight excluding hydrogens is 300 g/mol. The molecule has 0 aromatic heterocycles. The van der Waals surface area contributed by atoms with E-state index >= 15 is 0 Å². The average Bonchev–Trinajstić information content (AvgIpc) is 2.54. The standard InChI is InChI=1S/C19H34N4O/c1-15(2)23(16(3)4)14-13-22-19(20-5)21-12-6-7-17-8-10-18(24)11-9-17/h8-11,15-16,24H,6-7,12-14H2,1-5H3,(H2,20,21,22). The van der Waals surface area contributed by atoms with Crippen LogP contribution in [0, 0.1) is 0 Å². The van der Waals surface area contributed by atoms with E-state index < -0.39 is 0 Å². The van der Waals surface area contributed by atoms with Gasteiger partial charge in [0.1, 0.15) is 5.75 Å². The first-order chi connectivity index (χ1) is 11.4. The van der Waals surface area contributed by atoms with Gasteiger partial charge in [-0.25, -0.2) is 0 Å². The van der Waals surface area contributed by atoms with E-state index in [9.17, 15) is 5.11 Å². The zero-order valence-corrected chi connectivity index (χ0v) is 15.8. The lowest BCUT2D eigenvalue weighted by atomic mass is 10.1. The Kier molecular flexibility index (Phi) is 9.23. The van der Waals surface area contributed by atoms with Crippen molar-refractivity contribution in [1.82, 2.24) is 15.5 Å². The molecule has 5 heteroatoms. The van der Waals surface area contributed by atoms with Crippen LogP contribution >= 0.6 is 0 Å². The number of nitrogens with one attached hydrogen (secondary N) is 2. The monoisotopic (exact) mass is 334 g/mol. The maximum atomic E-state index is 9.28. The maximum Gasteiger partial charge on any atom is 0.191 e. The van der Waals surface area contributed by atoms with Gasteiger partial charge in [-0.05, 0) is 58.2 Å². The van der Waals surface area contributed by atoms with E-state index in [2.05, 4.69) is 48.2 Å². The Balaban J connectivity index is 2.24. The predicted molar refractivity (Wildman–Crippen MR) is 103 cm³/mol. The van der Waals surface area contributed by atoms with E-state index in [0.717, 1.165) is 38.4 Å². The Morgan fingerprint density at radius 1 is 1.04 bits per heavy atom.